The molecule has 0 atom stereocenters. The average molecular weight is 280 g/mol. The summed E-state index contributed by atoms with van der Waals surface area (Å²) in [4.78, 5) is 15.7. The third-order valence-corrected chi connectivity index (χ3v) is 3.34. The Morgan fingerprint density at radius 2 is 1.95 bits per heavy atom. The molecule has 0 aliphatic rings. The third kappa shape index (κ3) is 2.65. The SMILES string of the molecule is CC(=O)Nc1cc(-c2nc3ccc(C)cc3o2)ccc1C. The van der Waals surface area contributed by atoms with Crippen LogP contribution in [0.5, 0.6) is 0 Å². The molecule has 0 radical (unpaired) electrons. The molecule has 0 bridgehead atoms. The van der Waals surface area contributed by atoms with Crippen molar-refractivity contribution in [3.05, 3.63) is 47.5 Å². The average Bonchev–Trinajstić information content (AvgIpc) is 2.83. The van der Waals surface area contributed by atoms with E-state index in [1.54, 1.807) is 0 Å². The summed E-state index contributed by atoms with van der Waals surface area (Å²) in [6.45, 7) is 5.46. The van der Waals surface area contributed by atoms with Crippen molar-refractivity contribution in [2.24, 2.45) is 0 Å². The number of rotatable bonds is 2. The molecule has 0 saturated heterocycles. The zero-order valence-electron chi connectivity index (χ0n) is 12.2. The molecule has 0 aliphatic carbocycles. The number of aromatic nitrogens is 1. The van der Waals surface area contributed by atoms with Gasteiger partial charge in [-0.05, 0) is 49.2 Å². The fraction of sp³-hybridized carbons (Fsp3) is 0.176. The van der Waals surface area contributed by atoms with Gasteiger partial charge in [-0.1, -0.05) is 12.1 Å². The van der Waals surface area contributed by atoms with Gasteiger partial charge < -0.3 is 9.73 Å². The molecule has 106 valence electrons. The van der Waals surface area contributed by atoms with Crippen molar-refractivity contribution >= 4 is 22.7 Å². The quantitative estimate of drug-likeness (QED) is 0.769. The number of aryl methyl sites for hydroxylation is 2. The number of hydrogen-bond donors (Lipinski definition) is 1. The summed E-state index contributed by atoms with van der Waals surface area (Å²) in [5.74, 6) is 0.464. The zero-order chi connectivity index (χ0) is 15.0. The maximum atomic E-state index is 11.2. The molecule has 1 heterocycles. The van der Waals surface area contributed by atoms with E-state index in [1.165, 1.54) is 6.92 Å². The smallest absolute Gasteiger partial charge is 0.227 e. The second kappa shape index (κ2) is 5.05. The maximum Gasteiger partial charge on any atom is 0.227 e. The highest BCUT2D eigenvalue weighted by Crippen LogP contribution is 2.28. The number of nitrogens with zero attached hydrogens (tertiary/aromatic N) is 1. The Morgan fingerprint density at radius 3 is 2.71 bits per heavy atom. The van der Waals surface area contributed by atoms with Gasteiger partial charge in [0.25, 0.3) is 0 Å². The van der Waals surface area contributed by atoms with Gasteiger partial charge in [0.2, 0.25) is 11.8 Å². The Labute approximate surface area is 122 Å². The Morgan fingerprint density at radius 1 is 1.14 bits per heavy atom. The fourth-order valence-corrected chi connectivity index (χ4v) is 2.23. The van der Waals surface area contributed by atoms with E-state index in [-0.39, 0.29) is 5.91 Å². The van der Waals surface area contributed by atoms with Crippen molar-refractivity contribution in [3.8, 4) is 11.5 Å². The number of benzene rings is 2. The first-order chi connectivity index (χ1) is 10.0. The van der Waals surface area contributed by atoms with Gasteiger partial charge in [0.15, 0.2) is 5.58 Å². The summed E-state index contributed by atoms with van der Waals surface area (Å²) in [6, 6.07) is 11.7. The highest BCUT2D eigenvalue weighted by Gasteiger charge is 2.10. The number of anilines is 1. The van der Waals surface area contributed by atoms with Gasteiger partial charge in [-0.2, -0.15) is 0 Å². The van der Waals surface area contributed by atoms with E-state index in [0.717, 1.165) is 33.5 Å². The molecule has 1 N–H and O–H groups in total. The van der Waals surface area contributed by atoms with Crippen LogP contribution < -0.4 is 5.32 Å². The van der Waals surface area contributed by atoms with Crippen molar-refractivity contribution in [2.45, 2.75) is 20.8 Å². The number of oxazole rings is 1. The van der Waals surface area contributed by atoms with E-state index < -0.39 is 0 Å². The third-order valence-electron chi connectivity index (χ3n) is 3.34. The fourth-order valence-electron chi connectivity index (χ4n) is 2.23. The molecule has 4 nitrogen and oxygen atoms in total. The number of nitrogens with one attached hydrogen (secondary N) is 1. The summed E-state index contributed by atoms with van der Waals surface area (Å²) in [5.41, 5.74) is 5.36. The van der Waals surface area contributed by atoms with E-state index >= 15 is 0 Å². The largest absolute Gasteiger partial charge is 0.436 e. The first-order valence-corrected chi connectivity index (χ1v) is 6.79. The highest BCUT2D eigenvalue weighted by atomic mass is 16.3. The molecular formula is C17H16N2O2. The molecule has 1 aromatic heterocycles. The second-order valence-corrected chi connectivity index (χ2v) is 5.20. The minimum atomic E-state index is -0.0940. The summed E-state index contributed by atoms with van der Waals surface area (Å²) in [5, 5.41) is 2.82. The van der Waals surface area contributed by atoms with Crippen molar-refractivity contribution < 1.29 is 9.21 Å². The van der Waals surface area contributed by atoms with E-state index in [1.807, 2.05) is 50.2 Å². The minimum Gasteiger partial charge on any atom is -0.436 e. The van der Waals surface area contributed by atoms with Crippen LogP contribution in [0.3, 0.4) is 0 Å². The zero-order valence-corrected chi connectivity index (χ0v) is 12.2. The van der Waals surface area contributed by atoms with Gasteiger partial charge in [-0.25, -0.2) is 4.98 Å². The molecule has 1 amide bonds. The molecule has 0 fully saturated rings. The van der Waals surface area contributed by atoms with Gasteiger partial charge in [-0.3, -0.25) is 4.79 Å². The van der Waals surface area contributed by atoms with Crippen LogP contribution in [0.4, 0.5) is 5.69 Å². The lowest BCUT2D eigenvalue weighted by molar-refractivity contribution is -0.114. The molecule has 0 aliphatic heterocycles. The number of fused-ring (bicyclic) bond motifs is 1. The molecule has 0 spiro atoms. The van der Waals surface area contributed by atoms with Gasteiger partial charge in [-0.15, -0.1) is 0 Å². The minimum absolute atomic E-state index is 0.0940. The lowest BCUT2D eigenvalue weighted by Gasteiger charge is -2.07. The van der Waals surface area contributed by atoms with Crippen LogP contribution >= 0.6 is 0 Å². The Bertz CT molecular complexity index is 834. The Hall–Kier alpha value is -2.62. The first-order valence-electron chi connectivity index (χ1n) is 6.79. The molecule has 3 aromatic rings. The van der Waals surface area contributed by atoms with E-state index in [4.69, 9.17) is 4.42 Å². The van der Waals surface area contributed by atoms with Crippen LogP contribution in [0.2, 0.25) is 0 Å². The highest BCUT2D eigenvalue weighted by molar-refractivity contribution is 5.90. The predicted molar refractivity (Wildman–Crippen MR) is 83.2 cm³/mol. The van der Waals surface area contributed by atoms with Gasteiger partial charge in [0.1, 0.15) is 5.52 Å². The molecule has 21 heavy (non-hydrogen) atoms. The van der Waals surface area contributed by atoms with Gasteiger partial charge in [0.05, 0.1) is 0 Å². The second-order valence-electron chi connectivity index (χ2n) is 5.20. The van der Waals surface area contributed by atoms with Crippen LogP contribution in [-0.4, -0.2) is 10.9 Å². The van der Waals surface area contributed by atoms with Crippen molar-refractivity contribution in [2.75, 3.05) is 5.32 Å². The maximum absolute atomic E-state index is 11.2. The predicted octanol–water partition coefficient (Wildman–Crippen LogP) is 4.07. The van der Waals surface area contributed by atoms with Crippen molar-refractivity contribution in [1.29, 1.82) is 0 Å². The standard InChI is InChI=1S/C17H16N2O2/c1-10-4-7-14-16(8-10)21-17(19-14)13-6-5-11(2)15(9-13)18-12(3)20/h4-9H,1-3H3,(H,18,20). The topological polar surface area (TPSA) is 55.1 Å². The van der Waals surface area contributed by atoms with Crippen LogP contribution in [0.15, 0.2) is 40.8 Å². The van der Waals surface area contributed by atoms with Crippen LogP contribution in [0.25, 0.3) is 22.6 Å². The number of carbonyl (C=O) groups is 1. The summed E-state index contributed by atoms with van der Waals surface area (Å²) in [7, 11) is 0. The lowest BCUT2D eigenvalue weighted by atomic mass is 10.1. The summed E-state index contributed by atoms with van der Waals surface area (Å²) >= 11 is 0. The normalized spacial score (nSPS) is 10.8. The summed E-state index contributed by atoms with van der Waals surface area (Å²) < 4.78 is 5.81. The molecule has 2 aromatic carbocycles. The van der Waals surface area contributed by atoms with Crippen molar-refractivity contribution in [1.82, 2.24) is 4.98 Å². The number of carbonyl (C=O) groups excluding carboxylic acids is 1. The molecular weight excluding hydrogens is 264 g/mol. The monoisotopic (exact) mass is 280 g/mol. The van der Waals surface area contributed by atoms with Crippen LogP contribution in [0.1, 0.15) is 18.1 Å². The van der Waals surface area contributed by atoms with Crippen LogP contribution in [-0.2, 0) is 4.79 Å². The summed E-state index contributed by atoms with van der Waals surface area (Å²) in [6.07, 6.45) is 0. The van der Waals surface area contributed by atoms with E-state index in [9.17, 15) is 4.79 Å². The Balaban J connectivity index is 2.07. The van der Waals surface area contributed by atoms with E-state index in [2.05, 4.69) is 10.3 Å². The number of amides is 1. The first kappa shape index (κ1) is 13.4. The molecule has 0 unspecified atom stereocenters. The Kier molecular flexibility index (Phi) is 3.22. The molecule has 4 heteroatoms. The number of hydrogen-bond acceptors (Lipinski definition) is 3. The van der Waals surface area contributed by atoms with E-state index in [0.29, 0.717) is 5.89 Å². The van der Waals surface area contributed by atoms with Gasteiger partial charge in [0, 0.05) is 18.2 Å². The van der Waals surface area contributed by atoms with Gasteiger partial charge >= 0.3 is 0 Å². The van der Waals surface area contributed by atoms with Crippen LogP contribution in [0, 0.1) is 13.8 Å². The molecule has 0 saturated carbocycles. The van der Waals surface area contributed by atoms with Crippen molar-refractivity contribution in [3.63, 3.8) is 0 Å². The lowest BCUT2D eigenvalue weighted by Crippen LogP contribution is -2.07. The molecule has 3 rings (SSSR count).